The van der Waals surface area contributed by atoms with Crippen molar-refractivity contribution in [2.24, 2.45) is 0 Å². The molecule has 6 heteroatoms. The minimum atomic E-state index is -0.242. The van der Waals surface area contributed by atoms with Gasteiger partial charge in [0.25, 0.3) is 5.91 Å². The Morgan fingerprint density at radius 2 is 1.92 bits per heavy atom. The molecule has 2 heterocycles. The molecule has 26 heavy (non-hydrogen) atoms. The quantitative estimate of drug-likeness (QED) is 0.861. The van der Waals surface area contributed by atoms with Crippen LogP contribution < -0.4 is 10.6 Å². The highest BCUT2D eigenvalue weighted by molar-refractivity contribution is 5.92. The number of piperidine rings is 1. The molecular formula is C20H27ClN4O. The maximum absolute atomic E-state index is 12.9. The molecule has 1 aliphatic heterocycles. The molecule has 140 valence electrons. The first-order chi connectivity index (χ1) is 12.3. The molecule has 1 atom stereocenters. The molecule has 2 aromatic rings. The summed E-state index contributed by atoms with van der Waals surface area (Å²) in [4.78, 5) is 12.9. The number of aromatic nitrogens is 2. The van der Waals surface area contributed by atoms with E-state index >= 15 is 0 Å². The van der Waals surface area contributed by atoms with Crippen LogP contribution in [-0.4, -0.2) is 28.8 Å². The van der Waals surface area contributed by atoms with Crippen molar-refractivity contribution in [1.82, 2.24) is 20.4 Å². The maximum atomic E-state index is 12.9. The van der Waals surface area contributed by atoms with Gasteiger partial charge in [0.15, 0.2) is 0 Å². The average Bonchev–Trinajstić information content (AvgIpc) is 3.34. The highest BCUT2D eigenvalue weighted by Gasteiger charge is 2.37. The van der Waals surface area contributed by atoms with Gasteiger partial charge in [0.05, 0.1) is 11.6 Å². The molecule has 5 nitrogen and oxygen atoms in total. The predicted molar refractivity (Wildman–Crippen MR) is 105 cm³/mol. The standard InChI is InChI=1S/C20H26N4O.ClH/c25-19(18-10-14-24(23-18)17-9-6-13-21-15-17)22-20(11-4-5-12-20)16-7-2-1-3-8-16;/h1-3,7-8,10,14,17,21H,4-6,9,11-13,15H2,(H,22,25);1H. The number of nitrogens with one attached hydrogen (secondary N) is 2. The van der Waals surface area contributed by atoms with Crippen molar-refractivity contribution in [1.29, 1.82) is 0 Å². The molecule has 2 fully saturated rings. The van der Waals surface area contributed by atoms with Gasteiger partial charge in [0.1, 0.15) is 5.69 Å². The number of hydrogen-bond donors (Lipinski definition) is 2. The van der Waals surface area contributed by atoms with E-state index in [1.54, 1.807) is 0 Å². The summed E-state index contributed by atoms with van der Waals surface area (Å²) in [6.45, 7) is 2.00. The number of carbonyl (C=O) groups excluding carboxylic acids is 1. The van der Waals surface area contributed by atoms with Crippen LogP contribution in [0.15, 0.2) is 42.6 Å². The van der Waals surface area contributed by atoms with E-state index < -0.39 is 0 Å². The normalized spacial score (nSPS) is 21.8. The van der Waals surface area contributed by atoms with Crippen molar-refractivity contribution in [3.63, 3.8) is 0 Å². The van der Waals surface area contributed by atoms with Crippen LogP contribution in [0, 0.1) is 0 Å². The van der Waals surface area contributed by atoms with Gasteiger partial charge in [-0.3, -0.25) is 9.48 Å². The lowest BCUT2D eigenvalue weighted by atomic mass is 9.88. The Balaban J connectivity index is 0.00000196. The molecule has 4 rings (SSSR count). The summed E-state index contributed by atoms with van der Waals surface area (Å²) in [6.07, 6.45) is 8.50. The Labute approximate surface area is 161 Å². The van der Waals surface area contributed by atoms with Crippen LogP contribution in [0.1, 0.15) is 60.6 Å². The van der Waals surface area contributed by atoms with Gasteiger partial charge < -0.3 is 10.6 Å². The molecule has 0 radical (unpaired) electrons. The lowest BCUT2D eigenvalue weighted by Crippen LogP contribution is -2.44. The fraction of sp³-hybridized carbons (Fsp3) is 0.500. The third-order valence-electron chi connectivity index (χ3n) is 5.62. The molecule has 0 bridgehead atoms. The molecule has 1 aromatic heterocycles. The summed E-state index contributed by atoms with van der Waals surface area (Å²) >= 11 is 0. The largest absolute Gasteiger partial charge is 0.341 e. The van der Waals surface area contributed by atoms with Gasteiger partial charge in [-0.2, -0.15) is 5.10 Å². The van der Waals surface area contributed by atoms with Crippen molar-refractivity contribution in [2.45, 2.75) is 50.1 Å². The fourth-order valence-electron chi connectivity index (χ4n) is 4.22. The van der Waals surface area contributed by atoms with Crippen molar-refractivity contribution < 1.29 is 4.79 Å². The lowest BCUT2D eigenvalue weighted by Gasteiger charge is -2.30. The minimum absolute atomic E-state index is 0. The lowest BCUT2D eigenvalue weighted by molar-refractivity contribution is 0.0891. The van der Waals surface area contributed by atoms with E-state index in [2.05, 4.69) is 27.9 Å². The van der Waals surface area contributed by atoms with Gasteiger partial charge in [-0.05, 0) is 43.9 Å². The number of halogens is 1. The van der Waals surface area contributed by atoms with E-state index in [1.807, 2.05) is 35.1 Å². The van der Waals surface area contributed by atoms with Gasteiger partial charge in [-0.25, -0.2) is 0 Å². The molecule has 1 amide bonds. The monoisotopic (exact) mass is 374 g/mol. The van der Waals surface area contributed by atoms with Crippen LogP contribution in [0.2, 0.25) is 0 Å². The van der Waals surface area contributed by atoms with Crippen molar-refractivity contribution in [3.05, 3.63) is 53.9 Å². The zero-order valence-electron chi connectivity index (χ0n) is 15.0. The fourth-order valence-corrected chi connectivity index (χ4v) is 4.22. The molecular weight excluding hydrogens is 348 g/mol. The van der Waals surface area contributed by atoms with E-state index in [1.165, 1.54) is 5.56 Å². The average molecular weight is 375 g/mol. The number of nitrogens with zero attached hydrogens (tertiary/aromatic N) is 2. The molecule has 1 unspecified atom stereocenters. The zero-order chi connectivity index (χ0) is 17.1. The Morgan fingerprint density at radius 1 is 1.15 bits per heavy atom. The second-order valence-electron chi connectivity index (χ2n) is 7.29. The first kappa shape index (κ1) is 18.9. The minimum Gasteiger partial charge on any atom is -0.341 e. The maximum Gasteiger partial charge on any atom is 0.272 e. The van der Waals surface area contributed by atoms with E-state index in [-0.39, 0.29) is 23.9 Å². The van der Waals surface area contributed by atoms with E-state index in [9.17, 15) is 4.79 Å². The summed E-state index contributed by atoms with van der Waals surface area (Å²) in [6, 6.07) is 12.6. The molecule has 2 N–H and O–H groups in total. The first-order valence-electron chi connectivity index (χ1n) is 9.41. The summed E-state index contributed by atoms with van der Waals surface area (Å²) < 4.78 is 1.95. The number of carbonyl (C=O) groups is 1. The molecule has 1 saturated carbocycles. The smallest absolute Gasteiger partial charge is 0.272 e. The Bertz CT molecular complexity index is 718. The molecule has 1 saturated heterocycles. The summed E-state index contributed by atoms with van der Waals surface area (Å²) in [5.74, 6) is -0.0618. The highest BCUT2D eigenvalue weighted by atomic mass is 35.5. The van der Waals surface area contributed by atoms with Crippen LogP contribution in [0.3, 0.4) is 0 Å². The van der Waals surface area contributed by atoms with E-state index in [4.69, 9.17) is 0 Å². The molecule has 0 spiro atoms. The SMILES string of the molecule is Cl.O=C(NC1(c2ccccc2)CCCC1)c1ccn(C2CCCNC2)n1. The number of benzene rings is 1. The number of hydrogen-bond acceptors (Lipinski definition) is 3. The van der Waals surface area contributed by atoms with Crippen molar-refractivity contribution in [2.75, 3.05) is 13.1 Å². The summed E-state index contributed by atoms with van der Waals surface area (Å²) in [5.41, 5.74) is 1.48. The summed E-state index contributed by atoms with van der Waals surface area (Å²) in [5, 5.41) is 11.3. The third kappa shape index (κ3) is 3.79. The topological polar surface area (TPSA) is 59.0 Å². The van der Waals surface area contributed by atoms with Gasteiger partial charge in [-0.1, -0.05) is 43.2 Å². The van der Waals surface area contributed by atoms with Gasteiger partial charge in [0.2, 0.25) is 0 Å². The van der Waals surface area contributed by atoms with Crippen LogP contribution in [0.25, 0.3) is 0 Å². The Kier molecular flexibility index (Phi) is 5.99. The van der Waals surface area contributed by atoms with Crippen LogP contribution in [0.4, 0.5) is 0 Å². The molecule has 1 aromatic carbocycles. The highest BCUT2D eigenvalue weighted by Crippen LogP contribution is 2.38. The zero-order valence-corrected chi connectivity index (χ0v) is 15.8. The van der Waals surface area contributed by atoms with Crippen molar-refractivity contribution in [3.8, 4) is 0 Å². The van der Waals surface area contributed by atoms with E-state index in [0.29, 0.717) is 11.7 Å². The Hall–Kier alpha value is -1.85. The second kappa shape index (κ2) is 8.23. The number of rotatable bonds is 4. The summed E-state index contributed by atoms with van der Waals surface area (Å²) in [7, 11) is 0. The van der Waals surface area contributed by atoms with Crippen molar-refractivity contribution >= 4 is 18.3 Å². The first-order valence-corrected chi connectivity index (χ1v) is 9.41. The second-order valence-corrected chi connectivity index (χ2v) is 7.29. The third-order valence-corrected chi connectivity index (χ3v) is 5.62. The van der Waals surface area contributed by atoms with E-state index in [0.717, 1.165) is 51.6 Å². The van der Waals surface area contributed by atoms with Crippen LogP contribution in [-0.2, 0) is 5.54 Å². The molecule has 2 aliphatic rings. The number of amides is 1. The van der Waals surface area contributed by atoms with Crippen LogP contribution in [0.5, 0.6) is 0 Å². The van der Waals surface area contributed by atoms with Gasteiger partial charge in [-0.15, -0.1) is 12.4 Å². The van der Waals surface area contributed by atoms with Gasteiger partial charge >= 0.3 is 0 Å². The van der Waals surface area contributed by atoms with Crippen LogP contribution >= 0.6 is 12.4 Å². The predicted octanol–water partition coefficient (Wildman–Crippen LogP) is 3.43. The molecule has 1 aliphatic carbocycles. The Morgan fingerprint density at radius 3 is 2.62 bits per heavy atom. The van der Waals surface area contributed by atoms with Gasteiger partial charge in [0, 0.05) is 12.7 Å².